The molecule has 0 bridgehead atoms. The van der Waals surface area contributed by atoms with Crippen molar-refractivity contribution in [2.75, 3.05) is 48.2 Å². The van der Waals surface area contributed by atoms with Gasteiger partial charge in [-0.2, -0.15) is 5.50 Å². The summed E-state index contributed by atoms with van der Waals surface area (Å²) >= 11 is 0. The molecular weight excluding hydrogens is 202 g/mol. The quantitative estimate of drug-likeness (QED) is 0.745. The Morgan fingerprint density at radius 3 is 1.77 bits per heavy atom. The van der Waals surface area contributed by atoms with Gasteiger partial charge < -0.3 is 0 Å². The summed E-state index contributed by atoms with van der Waals surface area (Å²) in [5, 5.41) is 0. The first-order chi connectivity index (χ1) is 5.59. The third-order valence-corrected chi connectivity index (χ3v) is 8.97. The van der Waals surface area contributed by atoms with Crippen LogP contribution in [0.3, 0.4) is 0 Å². The summed E-state index contributed by atoms with van der Waals surface area (Å²) in [4.78, 5) is 0. The number of hydrogen-bond acceptors (Lipinski definition) is 3. The first kappa shape index (κ1) is 13.5. The Balaban J connectivity index is 4.93. The smallest absolute Gasteiger partial charge is 0.266 e. The van der Waals surface area contributed by atoms with E-state index in [1.165, 1.54) is 0 Å². The molecule has 4 nitrogen and oxygen atoms in total. The maximum Gasteiger partial charge on any atom is 0.266 e. The molecule has 0 heterocycles. The van der Waals surface area contributed by atoms with Crippen molar-refractivity contribution in [3.8, 4) is 0 Å². The highest BCUT2D eigenvalue weighted by molar-refractivity contribution is 7.77. The van der Waals surface area contributed by atoms with Crippen molar-refractivity contribution >= 4 is 14.9 Å². The van der Waals surface area contributed by atoms with E-state index in [2.05, 4.69) is 32.1 Å². The molecule has 0 saturated carbocycles. The van der Waals surface area contributed by atoms with Gasteiger partial charge in [0.2, 0.25) is 0 Å². The molecule has 0 aromatic heterocycles. The van der Waals surface area contributed by atoms with E-state index in [1.807, 2.05) is 25.4 Å². The number of nitrogens with zero attached hydrogens (tertiary/aromatic N) is 3. The van der Waals surface area contributed by atoms with Gasteiger partial charge >= 0.3 is 0 Å². The minimum Gasteiger partial charge on any atom is -0.273 e. The standard InChI is InChI=1S/C7H23N4P2/c1-10(2)12(5,6)9-13(7,8)11(3)4/h8H2,1-7H3/q+1. The lowest BCUT2D eigenvalue weighted by molar-refractivity contribution is 0.657. The van der Waals surface area contributed by atoms with Crippen molar-refractivity contribution in [1.29, 1.82) is 0 Å². The molecule has 0 saturated heterocycles. The lowest BCUT2D eigenvalue weighted by Crippen LogP contribution is -2.19. The van der Waals surface area contributed by atoms with E-state index in [0.717, 1.165) is 0 Å². The van der Waals surface area contributed by atoms with Gasteiger partial charge in [0.05, 0.1) is 7.21 Å². The number of nitrogens with two attached hydrogens (primary N) is 1. The summed E-state index contributed by atoms with van der Waals surface area (Å²) in [5.74, 6) is 0. The molecule has 2 N–H and O–H groups in total. The maximum absolute atomic E-state index is 6.15. The van der Waals surface area contributed by atoms with Crippen molar-refractivity contribution in [2.24, 2.45) is 10.0 Å². The number of hydrogen-bond donors (Lipinski definition) is 1. The second kappa shape index (κ2) is 4.37. The zero-order valence-electron chi connectivity index (χ0n) is 9.81. The molecule has 6 heteroatoms. The van der Waals surface area contributed by atoms with Crippen LogP contribution >= 0.6 is 14.9 Å². The van der Waals surface area contributed by atoms with Crippen LogP contribution < -0.4 is 5.50 Å². The van der Waals surface area contributed by atoms with Crippen molar-refractivity contribution in [1.82, 2.24) is 9.34 Å². The molecule has 0 rings (SSSR count). The molecule has 0 amide bonds. The summed E-state index contributed by atoms with van der Waals surface area (Å²) < 4.78 is 9.01. The monoisotopic (exact) mass is 225 g/mol. The maximum atomic E-state index is 6.15. The van der Waals surface area contributed by atoms with Gasteiger partial charge in [0, 0.05) is 14.1 Å². The molecule has 1 unspecified atom stereocenters. The van der Waals surface area contributed by atoms with Crippen LogP contribution in [0.15, 0.2) is 4.52 Å². The molecule has 80 valence electrons. The molecule has 0 fully saturated rings. The predicted octanol–water partition coefficient (Wildman–Crippen LogP) is 1.84. The Kier molecular flexibility index (Phi) is 4.56. The summed E-state index contributed by atoms with van der Waals surface area (Å²) in [6.07, 6.45) is 0. The molecule has 0 aliphatic rings. The van der Waals surface area contributed by atoms with Crippen LogP contribution in [-0.2, 0) is 0 Å². The number of rotatable bonds is 3. The third kappa shape index (κ3) is 4.05. The van der Waals surface area contributed by atoms with Crippen molar-refractivity contribution in [3.05, 3.63) is 0 Å². The Bertz CT molecular complexity index is 217. The summed E-state index contributed by atoms with van der Waals surface area (Å²) in [6.45, 7) is 6.40. The van der Waals surface area contributed by atoms with Crippen LogP contribution in [0.1, 0.15) is 0 Å². The Morgan fingerprint density at radius 2 is 1.54 bits per heavy atom. The van der Waals surface area contributed by atoms with E-state index >= 15 is 0 Å². The first-order valence-electron chi connectivity index (χ1n) is 4.19. The predicted molar refractivity (Wildman–Crippen MR) is 65.6 cm³/mol. The molecule has 1 atom stereocenters. The fourth-order valence-electron chi connectivity index (χ4n) is 0.603. The largest absolute Gasteiger partial charge is 0.273 e. The Labute approximate surface area is 83.1 Å². The van der Waals surface area contributed by atoms with E-state index in [0.29, 0.717) is 0 Å². The molecule has 0 aromatic rings. The van der Waals surface area contributed by atoms with E-state index in [9.17, 15) is 0 Å². The van der Waals surface area contributed by atoms with Gasteiger partial charge in [-0.3, -0.25) is 4.67 Å². The Morgan fingerprint density at radius 1 is 1.15 bits per heavy atom. The van der Waals surface area contributed by atoms with E-state index in [4.69, 9.17) is 10.0 Å². The van der Waals surface area contributed by atoms with Crippen LogP contribution in [0.2, 0.25) is 0 Å². The zero-order chi connectivity index (χ0) is 10.9. The normalized spacial score (nSPS) is 17.7. The second-order valence-corrected chi connectivity index (χ2v) is 11.0. The summed E-state index contributed by atoms with van der Waals surface area (Å²) in [6, 6.07) is 0. The van der Waals surface area contributed by atoms with Crippen molar-refractivity contribution in [2.45, 2.75) is 0 Å². The van der Waals surface area contributed by atoms with Crippen LogP contribution in [0.4, 0.5) is 0 Å². The van der Waals surface area contributed by atoms with Gasteiger partial charge in [0.15, 0.2) is 0 Å². The molecule has 13 heavy (non-hydrogen) atoms. The van der Waals surface area contributed by atoms with Gasteiger partial charge in [0.1, 0.15) is 6.66 Å². The Hall–Kier alpha value is 0.540. The highest BCUT2D eigenvalue weighted by atomic mass is 31.2. The molecule has 0 radical (unpaired) electrons. The highest BCUT2D eigenvalue weighted by Gasteiger charge is 2.32. The highest BCUT2D eigenvalue weighted by Crippen LogP contribution is 2.60. The van der Waals surface area contributed by atoms with E-state index in [-0.39, 0.29) is 0 Å². The topological polar surface area (TPSA) is 44.9 Å². The van der Waals surface area contributed by atoms with Gasteiger partial charge in [-0.15, -0.1) is 4.67 Å². The molecular formula is C7H23N4P2+. The minimum atomic E-state index is -1.72. The average molecular weight is 225 g/mol. The third-order valence-electron chi connectivity index (χ3n) is 2.19. The van der Waals surface area contributed by atoms with Crippen LogP contribution in [0, 0.1) is 0 Å². The van der Waals surface area contributed by atoms with Crippen LogP contribution in [-0.4, -0.2) is 57.5 Å². The molecule has 0 spiro atoms. The fourth-order valence-corrected chi connectivity index (χ4v) is 5.43. The van der Waals surface area contributed by atoms with Crippen molar-refractivity contribution < 1.29 is 0 Å². The summed E-state index contributed by atoms with van der Waals surface area (Å²) in [5.41, 5.74) is 6.15. The first-order valence-corrected chi connectivity index (χ1v) is 8.99. The average Bonchev–Trinajstić information content (AvgIpc) is 1.83. The molecule has 0 aliphatic carbocycles. The minimum absolute atomic E-state index is 1.35. The van der Waals surface area contributed by atoms with E-state index in [1.54, 1.807) is 0 Å². The van der Waals surface area contributed by atoms with Crippen LogP contribution in [0.25, 0.3) is 0 Å². The van der Waals surface area contributed by atoms with Crippen molar-refractivity contribution in [3.63, 3.8) is 0 Å². The molecule has 0 aliphatic heterocycles. The lowest BCUT2D eigenvalue weighted by atomic mass is 11.3. The van der Waals surface area contributed by atoms with Gasteiger partial charge in [0.25, 0.3) is 7.71 Å². The lowest BCUT2D eigenvalue weighted by Gasteiger charge is -2.26. The van der Waals surface area contributed by atoms with Gasteiger partial charge in [-0.1, -0.05) is 4.52 Å². The zero-order valence-corrected chi connectivity index (χ0v) is 11.6. The van der Waals surface area contributed by atoms with E-state index < -0.39 is 14.9 Å². The molecule has 0 aromatic carbocycles. The fraction of sp³-hybridized carbons (Fsp3) is 1.00. The summed E-state index contributed by atoms with van der Waals surface area (Å²) in [7, 11) is 5.04. The van der Waals surface area contributed by atoms with Gasteiger partial charge in [-0.25, -0.2) is 0 Å². The van der Waals surface area contributed by atoms with Crippen LogP contribution in [0.5, 0.6) is 0 Å². The van der Waals surface area contributed by atoms with Gasteiger partial charge in [-0.05, 0) is 27.4 Å². The SMILES string of the molecule is CN(C)P(C)(C)=N[P+](C)(N)N(C)C. The second-order valence-electron chi connectivity index (χ2n) is 4.10.